The molecule has 1 aromatic rings. The molecule has 0 radical (unpaired) electrons. The lowest BCUT2D eigenvalue weighted by atomic mass is 10.0. The lowest BCUT2D eigenvalue weighted by Gasteiger charge is -2.17. The highest BCUT2D eigenvalue weighted by Gasteiger charge is 2.21. The zero-order valence-corrected chi connectivity index (χ0v) is 13.3. The van der Waals surface area contributed by atoms with E-state index in [0.29, 0.717) is 6.42 Å². The molecule has 0 saturated heterocycles. The third kappa shape index (κ3) is 6.63. The van der Waals surface area contributed by atoms with Crippen LogP contribution in [0, 0.1) is 0 Å². The molecule has 0 fully saturated rings. The Kier molecular flexibility index (Phi) is 8.51. The molecule has 118 valence electrons. The monoisotopic (exact) mass is 293 g/mol. The van der Waals surface area contributed by atoms with Gasteiger partial charge in [-0.15, -0.1) is 0 Å². The van der Waals surface area contributed by atoms with Crippen LogP contribution in [0.1, 0.15) is 57.6 Å². The number of benzene rings is 1. The van der Waals surface area contributed by atoms with Crippen LogP contribution in [-0.2, 0) is 4.79 Å². The second kappa shape index (κ2) is 10.2. The zero-order valence-electron chi connectivity index (χ0n) is 13.3. The number of quaternary nitrogens is 1. The molecular weight excluding hydrogens is 264 g/mol. The van der Waals surface area contributed by atoms with E-state index >= 15 is 0 Å². The maximum Gasteiger partial charge on any atom is 0.226 e. The fourth-order valence-corrected chi connectivity index (χ4v) is 2.32. The van der Waals surface area contributed by atoms with E-state index in [4.69, 9.17) is 0 Å². The van der Waals surface area contributed by atoms with Crippen molar-refractivity contribution in [1.29, 1.82) is 0 Å². The first-order chi connectivity index (χ1) is 10.2. The average molecular weight is 293 g/mol. The summed E-state index contributed by atoms with van der Waals surface area (Å²) < 4.78 is 0. The highest BCUT2D eigenvalue weighted by molar-refractivity contribution is 5.76. The van der Waals surface area contributed by atoms with Crippen molar-refractivity contribution in [3.8, 4) is 5.75 Å². The van der Waals surface area contributed by atoms with Crippen LogP contribution in [0.4, 0.5) is 0 Å². The molecule has 21 heavy (non-hydrogen) atoms. The number of para-hydroxylation sites is 1. The Balaban J connectivity index is 2.64. The number of nitrogens with one attached hydrogen (secondary N) is 1. The van der Waals surface area contributed by atoms with Gasteiger partial charge in [-0.3, -0.25) is 4.79 Å². The van der Waals surface area contributed by atoms with Gasteiger partial charge in [0, 0.05) is 6.54 Å². The molecule has 4 N–H and O–H groups in total. The van der Waals surface area contributed by atoms with Crippen molar-refractivity contribution in [3.63, 3.8) is 0 Å². The van der Waals surface area contributed by atoms with E-state index in [1.165, 1.54) is 0 Å². The number of amides is 1. The van der Waals surface area contributed by atoms with Gasteiger partial charge < -0.3 is 15.7 Å². The molecule has 1 rings (SSSR count). The van der Waals surface area contributed by atoms with Crippen LogP contribution in [-0.4, -0.2) is 24.1 Å². The molecule has 4 heteroatoms. The lowest BCUT2D eigenvalue weighted by molar-refractivity contribution is -0.695. The van der Waals surface area contributed by atoms with Gasteiger partial charge in [0.2, 0.25) is 5.91 Å². The number of hydrogen-bond donors (Lipinski definition) is 3. The molecular formula is C17H29N2O2+. The van der Waals surface area contributed by atoms with E-state index in [1.807, 2.05) is 18.2 Å². The van der Waals surface area contributed by atoms with Crippen LogP contribution in [0.5, 0.6) is 5.75 Å². The van der Waals surface area contributed by atoms with Crippen LogP contribution in [0.15, 0.2) is 24.3 Å². The normalized spacial score (nSPS) is 12.1. The summed E-state index contributed by atoms with van der Waals surface area (Å²) in [5.74, 6) is 0.334. The Hall–Kier alpha value is -1.55. The van der Waals surface area contributed by atoms with E-state index in [9.17, 15) is 9.90 Å². The molecule has 0 aromatic heterocycles. The Morgan fingerprint density at radius 2 is 1.95 bits per heavy atom. The first-order valence-electron chi connectivity index (χ1n) is 8.06. The van der Waals surface area contributed by atoms with Gasteiger partial charge in [-0.05, 0) is 25.0 Å². The maximum atomic E-state index is 12.0. The third-order valence-electron chi connectivity index (χ3n) is 3.60. The van der Waals surface area contributed by atoms with Crippen LogP contribution >= 0.6 is 0 Å². The summed E-state index contributed by atoms with van der Waals surface area (Å²) in [5.41, 5.74) is 0.847. The predicted octanol–water partition coefficient (Wildman–Crippen LogP) is 2.10. The lowest BCUT2D eigenvalue weighted by Crippen LogP contribution is -2.85. The fourth-order valence-electron chi connectivity index (χ4n) is 2.32. The summed E-state index contributed by atoms with van der Waals surface area (Å²) in [7, 11) is 0. The molecule has 4 nitrogen and oxygen atoms in total. The van der Waals surface area contributed by atoms with Crippen LogP contribution in [0.25, 0.3) is 0 Å². The van der Waals surface area contributed by atoms with Gasteiger partial charge in [-0.2, -0.15) is 0 Å². The number of phenols is 1. The van der Waals surface area contributed by atoms with Gasteiger partial charge in [0.05, 0.1) is 18.5 Å². The predicted molar refractivity (Wildman–Crippen MR) is 85.1 cm³/mol. The minimum Gasteiger partial charge on any atom is -0.507 e. The molecule has 1 atom stereocenters. The van der Waals surface area contributed by atoms with Crippen molar-refractivity contribution in [1.82, 2.24) is 5.32 Å². The van der Waals surface area contributed by atoms with Gasteiger partial charge in [0.1, 0.15) is 11.8 Å². The molecule has 0 heterocycles. The fraction of sp³-hybridized carbons (Fsp3) is 0.588. The summed E-state index contributed by atoms with van der Waals surface area (Å²) in [6.45, 7) is 5.96. The SMILES string of the molecule is CCCCNC(=O)C[C@H]([NH2+]CCCC)c1ccccc1O. The minimum atomic E-state index is -0.0145. The number of unbranched alkanes of at least 4 members (excludes halogenated alkanes) is 2. The Labute approximate surface area is 128 Å². The molecule has 0 aliphatic carbocycles. The van der Waals surface area contributed by atoms with E-state index in [1.54, 1.807) is 6.07 Å². The smallest absolute Gasteiger partial charge is 0.226 e. The van der Waals surface area contributed by atoms with Gasteiger partial charge in [-0.1, -0.05) is 38.8 Å². The molecule has 0 aliphatic rings. The summed E-state index contributed by atoms with van der Waals surface area (Å²) in [4.78, 5) is 12.0. The number of nitrogens with two attached hydrogens (primary N) is 1. The second-order valence-electron chi connectivity index (χ2n) is 5.45. The van der Waals surface area contributed by atoms with Gasteiger partial charge in [0.15, 0.2) is 0 Å². The Bertz CT molecular complexity index is 421. The molecule has 1 aromatic carbocycles. The van der Waals surface area contributed by atoms with E-state index in [0.717, 1.165) is 44.3 Å². The minimum absolute atomic E-state index is 0.0145. The van der Waals surface area contributed by atoms with Gasteiger partial charge in [-0.25, -0.2) is 0 Å². The van der Waals surface area contributed by atoms with E-state index in [2.05, 4.69) is 24.5 Å². The first-order valence-corrected chi connectivity index (χ1v) is 8.06. The Morgan fingerprint density at radius 1 is 1.24 bits per heavy atom. The average Bonchev–Trinajstić information content (AvgIpc) is 2.47. The van der Waals surface area contributed by atoms with E-state index < -0.39 is 0 Å². The highest BCUT2D eigenvalue weighted by Crippen LogP contribution is 2.23. The number of phenolic OH excluding ortho intramolecular Hbond substituents is 1. The first kappa shape index (κ1) is 17.5. The Morgan fingerprint density at radius 3 is 2.62 bits per heavy atom. The van der Waals surface area contributed by atoms with Crippen molar-refractivity contribution in [3.05, 3.63) is 29.8 Å². The van der Waals surface area contributed by atoms with Crippen molar-refractivity contribution >= 4 is 5.91 Å². The quantitative estimate of drug-likeness (QED) is 0.578. The van der Waals surface area contributed by atoms with Crippen LogP contribution in [0.3, 0.4) is 0 Å². The number of carbonyl (C=O) groups is 1. The van der Waals surface area contributed by atoms with Gasteiger partial charge in [0.25, 0.3) is 0 Å². The maximum absolute atomic E-state index is 12.0. The summed E-state index contributed by atoms with van der Waals surface area (Å²) >= 11 is 0. The second-order valence-corrected chi connectivity index (χ2v) is 5.45. The number of hydrogen-bond acceptors (Lipinski definition) is 2. The molecule has 0 aliphatic heterocycles. The molecule has 0 unspecified atom stereocenters. The number of rotatable bonds is 10. The van der Waals surface area contributed by atoms with Crippen molar-refractivity contribution < 1.29 is 15.2 Å². The van der Waals surface area contributed by atoms with Crippen molar-refractivity contribution in [2.75, 3.05) is 13.1 Å². The summed E-state index contributed by atoms with van der Waals surface area (Å²) in [5, 5.41) is 15.1. The van der Waals surface area contributed by atoms with Crippen LogP contribution in [0.2, 0.25) is 0 Å². The third-order valence-corrected chi connectivity index (χ3v) is 3.60. The molecule has 1 amide bonds. The topological polar surface area (TPSA) is 65.9 Å². The van der Waals surface area contributed by atoms with Crippen molar-refractivity contribution in [2.45, 2.75) is 52.0 Å². The largest absolute Gasteiger partial charge is 0.507 e. The van der Waals surface area contributed by atoms with Gasteiger partial charge >= 0.3 is 0 Å². The van der Waals surface area contributed by atoms with E-state index in [-0.39, 0.29) is 17.7 Å². The van der Waals surface area contributed by atoms with Crippen LogP contribution < -0.4 is 10.6 Å². The zero-order chi connectivity index (χ0) is 15.5. The molecule has 0 spiro atoms. The number of carbonyl (C=O) groups excluding carboxylic acids is 1. The number of aromatic hydroxyl groups is 1. The highest BCUT2D eigenvalue weighted by atomic mass is 16.3. The molecule has 0 bridgehead atoms. The standard InChI is InChI=1S/C17H28N2O2/c1-3-5-11-18-15(13-17(21)19-12-6-4-2)14-9-7-8-10-16(14)20/h7-10,15,18,20H,3-6,11-13H2,1-2H3,(H,19,21)/p+1/t15-/m0/s1. The molecule has 0 saturated carbocycles. The summed E-state index contributed by atoms with van der Waals surface area (Å²) in [6.07, 6.45) is 4.73. The summed E-state index contributed by atoms with van der Waals surface area (Å²) in [6, 6.07) is 7.29. The van der Waals surface area contributed by atoms with Crippen molar-refractivity contribution in [2.24, 2.45) is 0 Å².